The maximum absolute atomic E-state index is 10.2. The number of aliphatic hydroxyl groups excluding tert-OH is 1. The van der Waals surface area contributed by atoms with Crippen molar-refractivity contribution in [2.24, 2.45) is 4.99 Å². The van der Waals surface area contributed by atoms with E-state index in [9.17, 15) is 15.3 Å². The molecule has 0 bridgehead atoms. The smallest absolute Gasteiger partial charge is 0.126 e. The van der Waals surface area contributed by atoms with Gasteiger partial charge in [0.25, 0.3) is 0 Å². The number of benzene rings is 3. The summed E-state index contributed by atoms with van der Waals surface area (Å²) in [6.07, 6.45) is 5.32. The molecule has 5 nitrogen and oxygen atoms in total. The zero-order valence-electron chi connectivity index (χ0n) is 17.3. The van der Waals surface area contributed by atoms with Gasteiger partial charge in [-0.1, -0.05) is 18.2 Å². The molecule has 3 rings (SSSR count). The Morgan fingerprint density at radius 2 is 1.50 bits per heavy atom. The summed E-state index contributed by atoms with van der Waals surface area (Å²) >= 11 is 0. The summed E-state index contributed by atoms with van der Waals surface area (Å²) in [6, 6.07) is 14.2. The number of hydrogen-bond acceptors (Lipinski definition) is 5. The first-order valence-corrected chi connectivity index (χ1v) is 9.54. The summed E-state index contributed by atoms with van der Waals surface area (Å²) in [7, 11) is 1.55. The SMILES string of the molecule is COc1ccc(C=Cc2cc(C)c(C)cc2N=Cc2ccc(CO)cc2O)c(O)c1. The van der Waals surface area contributed by atoms with Crippen molar-refractivity contribution in [1.29, 1.82) is 0 Å². The fourth-order valence-corrected chi connectivity index (χ4v) is 2.98. The number of phenols is 2. The molecule has 0 aliphatic rings. The molecule has 0 amide bonds. The van der Waals surface area contributed by atoms with E-state index in [0.717, 1.165) is 22.4 Å². The minimum absolute atomic E-state index is 0.0642. The number of nitrogens with zero attached hydrogens (tertiary/aromatic N) is 1. The molecule has 0 aliphatic carbocycles. The van der Waals surface area contributed by atoms with Gasteiger partial charge < -0.3 is 20.1 Å². The summed E-state index contributed by atoms with van der Waals surface area (Å²) < 4.78 is 5.12. The van der Waals surface area contributed by atoms with Crippen LogP contribution in [0.25, 0.3) is 12.2 Å². The van der Waals surface area contributed by atoms with Crippen LogP contribution in [0.2, 0.25) is 0 Å². The topological polar surface area (TPSA) is 82.3 Å². The van der Waals surface area contributed by atoms with Crippen LogP contribution in [-0.4, -0.2) is 28.6 Å². The minimum Gasteiger partial charge on any atom is -0.507 e. The van der Waals surface area contributed by atoms with Crippen molar-refractivity contribution in [3.05, 3.63) is 81.9 Å². The van der Waals surface area contributed by atoms with E-state index in [0.29, 0.717) is 22.4 Å². The lowest BCUT2D eigenvalue weighted by Crippen LogP contribution is -1.88. The van der Waals surface area contributed by atoms with Gasteiger partial charge in [0, 0.05) is 29.0 Å². The molecule has 0 fully saturated rings. The van der Waals surface area contributed by atoms with Crippen LogP contribution in [0.4, 0.5) is 5.69 Å². The zero-order chi connectivity index (χ0) is 21.7. The van der Waals surface area contributed by atoms with Crippen LogP contribution in [0.1, 0.15) is 33.4 Å². The van der Waals surface area contributed by atoms with Gasteiger partial charge in [0.1, 0.15) is 17.2 Å². The first-order chi connectivity index (χ1) is 14.4. The molecule has 0 saturated heterocycles. The fourth-order valence-electron chi connectivity index (χ4n) is 2.98. The van der Waals surface area contributed by atoms with Gasteiger partial charge in [-0.05, 0) is 66.9 Å². The van der Waals surface area contributed by atoms with Gasteiger partial charge in [0.05, 0.1) is 19.4 Å². The third-order valence-electron chi connectivity index (χ3n) is 4.94. The Kier molecular flexibility index (Phi) is 6.54. The molecule has 0 saturated carbocycles. The second-order valence-corrected chi connectivity index (χ2v) is 7.06. The Hall–Kier alpha value is -3.57. The largest absolute Gasteiger partial charge is 0.507 e. The molecule has 154 valence electrons. The predicted molar refractivity (Wildman–Crippen MR) is 121 cm³/mol. The van der Waals surface area contributed by atoms with Gasteiger partial charge in [-0.2, -0.15) is 0 Å². The van der Waals surface area contributed by atoms with Gasteiger partial charge in [-0.25, -0.2) is 0 Å². The number of methoxy groups -OCH3 is 1. The van der Waals surface area contributed by atoms with Crippen molar-refractivity contribution >= 4 is 24.1 Å². The monoisotopic (exact) mass is 403 g/mol. The van der Waals surface area contributed by atoms with Crippen LogP contribution in [-0.2, 0) is 6.61 Å². The fraction of sp³-hybridized carbons (Fsp3) is 0.160. The van der Waals surface area contributed by atoms with Crippen molar-refractivity contribution in [3.63, 3.8) is 0 Å². The molecule has 0 heterocycles. The number of aliphatic imine (C=N–C) groups is 1. The number of hydrogen-bond donors (Lipinski definition) is 3. The average molecular weight is 403 g/mol. The van der Waals surface area contributed by atoms with Gasteiger partial charge >= 0.3 is 0 Å². The van der Waals surface area contributed by atoms with Crippen molar-refractivity contribution in [1.82, 2.24) is 0 Å². The molecule has 0 aliphatic heterocycles. The van der Waals surface area contributed by atoms with E-state index in [1.54, 1.807) is 43.7 Å². The normalized spacial score (nSPS) is 11.5. The first kappa shape index (κ1) is 21.1. The highest BCUT2D eigenvalue weighted by Gasteiger charge is 2.05. The molecule has 0 aromatic heterocycles. The summed E-state index contributed by atoms with van der Waals surface area (Å²) in [5, 5.41) is 29.5. The van der Waals surface area contributed by atoms with Crippen LogP contribution in [0, 0.1) is 13.8 Å². The van der Waals surface area contributed by atoms with Crippen LogP contribution in [0.15, 0.2) is 53.5 Å². The standard InChI is InChI=1S/C25H25NO4/c1-16-10-20(7-6-19-8-9-22(30-3)13-25(19)29)23(11-17(16)2)26-14-21-5-4-18(15-27)12-24(21)28/h4-14,27-29H,15H2,1-3H3. The van der Waals surface area contributed by atoms with Gasteiger partial charge in [0.2, 0.25) is 0 Å². The zero-order valence-corrected chi connectivity index (χ0v) is 17.3. The molecule has 30 heavy (non-hydrogen) atoms. The van der Waals surface area contributed by atoms with E-state index in [-0.39, 0.29) is 18.1 Å². The lowest BCUT2D eigenvalue weighted by Gasteiger charge is -2.08. The maximum Gasteiger partial charge on any atom is 0.126 e. The van der Waals surface area contributed by atoms with Gasteiger partial charge in [-0.3, -0.25) is 4.99 Å². The van der Waals surface area contributed by atoms with Crippen molar-refractivity contribution < 1.29 is 20.1 Å². The first-order valence-electron chi connectivity index (χ1n) is 9.54. The lowest BCUT2D eigenvalue weighted by atomic mass is 10.0. The average Bonchev–Trinajstić information content (AvgIpc) is 2.74. The Labute approximate surface area is 176 Å². The highest BCUT2D eigenvalue weighted by molar-refractivity contribution is 5.87. The molecular weight excluding hydrogens is 378 g/mol. The Morgan fingerprint density at radius 3 is 2.17 bits per heavy atom. The summed E-state index contributed by atoms with van der Waals surface area (Å²) in [5.41, 5.74) is 5.73. The number of ether oxygens (including phenoxy) is 1. The molecular formula is C25H25NO4. The predicted octanol–water partition coefficient (Wildman–Crippen LogP) is 5.14. The summed E-state index contributed by atoms with van der Waals surface area (Å²) in [4.78, 5) is 4.58. The number of aliphatic hydroxyl groups is 1. The van der Waals surface area contributed by atoms with Gasteiger partial charge in [-0.15, -0.1) is 0 Å². The Bertz CT molecular complexity index is 1030. The third-order valence-corrected chi connectivity index (χ3v) is 4.94. The minimum atomic E-state index is -0.130. The number of phenolic OH excluding ortho intramolecular Hbond substituents is 2. The quantitative estimate of drug-likeness (QED) is 0.393. The summed E-state index contributed by atoms with van der Waals surface area (Å²) in [6.45, 7) is 3.92. The second kappa shape index (κ2) is 9.29. The number of aryl methyl sites for hydroxylation is 2. The molecule has 3 aromatic carbocycles. The van der Waals surface area contributed by atoms with E-state index in [4.69, 9.17) is 4.74 Å². The molecule has 0 spiro atoms. The lowest BCUT2D eigenvalue weighted by molar-refractivity contribution is 0.281. The number of aromatic hydroxyl groups is 2. The highest BCUT2D eigenvalue weighted by atomic mass is 16.5. The van der Waals surface area contributed by atoms with E-state index < -0.39 is 0 Å². The molecule has 3 N–H and O–H groups in total. The third kappa shape index (κ3) is 4.88. The molecule has 0 radical (unpaired) electrons. The van der Waals surface area contributed by atoms with E-state index in [2.05, 4.69) is 4.99 Å². The Balaban J connectivity index is 1.95. The molecule has 3 aromatic rings. The van der Waals surface area contributed by atoms with Crippen LogP contribution in [0.5, 0.6) is 17.2 Å². The van der Waals surface area contributed by atoms with Crippen molar-refractivity contribution in [3.8, 4) is 17.2 Å². The molecule has 0 atom stereocenters. The van der Waals surface area contributed by atoms with E-state index >= 15 is 0 Å². The van der Waals surface area contributed by atoms with E-state index in [1.165, 1.54) is 6.07 Å². The van der Waals surface area contributed by atoms with Crippen LogP contribution < -0.4 is 4.74 Å². The van der Waals surface area contributed by atoms with Crippen molar-refractivity contribution in [2.45, 2.75) is 20.5 Å². The van der Waals surface area contributed by atoms with Crippen LogP contribution >= 0.6 is 0 Å². The maximum atomic E-state index is 10.2. The summed E-state index contributed by atoms with van der Waals surface area (Å²) in [5.74, 6) is 0.788. The highest BCUT2D eigenvalue weighted by Crippen LogP contribution is 2.29. The van der Waals surface area contributed by atoms with Crippen LogP contribution in [0.3, 0.4) is 0 Å². The van der Waals surface area contributed by atoms with Gasteiger partial charge in [0.15, 0.2) is 0 Å². The molecule has 5 heteroatoms. The second-order valence-electron chi connectivity index (χ2n) is 7.06. The number of rotatable bonds is 6. The Morgan fingerprint density at radius 1 is 0.833 bits per heavy atom. The van der Waals surface area contributed by atoms with E-state index in [1.807, 2.05) is 38.1 Å². The molecule has 0 unspecified atom stereocenters. The van der Waals surface area contributed by atoms with Crippen molar-refractivity contribution in [2.75, 3.05) is 7.11 Å².